The van der Waals surface area contributed by atoms with Gasteiger partial charge in [0.2, 0.25) is 5.91 Å². The molecule has 5 rings (SSSR count). The van der Waals surface area contributed by atoms with Crippen LogP contribution in [0.3, 0.4) is 0 Å². The number of aryl methyl sites for hydroxylation is 2. The zero-order valence-electron chi connectivity index (χ0n) is 18.7. The summed E-state index contributed by atoms with van der Waals surface area (Å²) in [7, 11) is 2.11. The molecule has 0 spiro atoms. The number of fused-ring (bicyclic) bond motifs is 2. The second-order valence-corrected chi connectivity index (χ2v) is 8.76. The van der Waals surface area contributed by atoms with Crippen molar-refractivity contribution in [3.05, 3.63) is 53.9 Å². The van der Waals surface area contributed by atoms with Crippen molar-refractivity contribution < 1.29 is 9.53 Å². The zero-order valence-corrected chi connectivity index (χ0v) is 18.7. The van der Waals surface area contributed by atoms with Crippen LogP contribution in [0.2, 0.25) is 0 Å². The maximum Gasteiger partial charge on any atom is 0.224 e. The fourth-order valence-electron chi connectivity index (χ4n) is 4.69. The lowest BCUT2D eigenvalue weighted by molar-refractivity contribution is -0.116. The number of nitrogens with one attached hydrogen (secondary N) is 1. The number of aromatic nitrogens is 2. The van der Waals surface area contributed by atoms with Gasteiger partial charge in [0.15, 0.2) is 0 Å². The molecular formula is C25H31N5O2. The molecule has 0 unspecified atom stereocenters. The summed E-state index contributed by atoms with van der Waals surface area (Å²) >= 11 is 0. The Balaban J connectivity index is 1.11. The van der Waals surface area contributed by atoms with Crippen LogP contribution >= 0.6 is 0 Å². The monoisotopic (exact) mass is 433 g/mol. The number of benzene rings is 2. The maximum atomic E-state index is 11.5. The number of hydrogen-bond donors (Lipinski definition) is 1. The molecule has 3 aromatic rings. The van der Waals surface area contributed by atoms with Crippen molar-refractivity contribution in [2.75, 3.05) is 44.6 Å². The van der Waals surface area contributed by atoms with Crippen LogP contribution < -0.4 is 10.1 Å². The fraction of sp³-hybridized carbons (Fsp3) is 0.440. The van der Waals surface area contributed by atoms with Crippen LogP contribution in [-0.2, 0) is 24.8 Å². The van der Waals surface area contributed by atoms with Gasteiger partial charge in [-0.25, -0.2) is 4.98 Å². The van der Waals surface area contributed by atoms with E-state index < -0.39 is 0 Å². The first-order valence-electron chi connectivity index (χ1n) is 11.6. The number of rotatable bonds is 6. The van der Waals surface area contributed by atoms with Crippen LogP contribution in [-0.4, -0.2) is 64.6 Å². The molecule has 0 aliphatic carbocycles. The summed E-state index contributed by atoms with van der Waals surface area (Å²) in [6.07, 6.45) is 2.49. The Hall–Kier alpha value is -2.90. The predicted molar refractivity (Wildman–Crippen MR) is 126 cm³/mol. The van der Waals surface area contributed by atoms with Gasteiger partial charge < -0.3 is 14.6 Å². The Bertz CT molecular complexity index is 1110. The fourth-order valence-corrected chi connectivity index (χ4v) is 4.69. The number of hydrogen-bond acceptors (Lipinski definition) is 5. The van der Waals surface area contributed by atoms with Gasteiger partial charge >= 0.3 is 0 Å². The standard InChI is InChI=1S/C25H31N5O2/c1-28-23-6-3-2-5-22(23)26-24(28)18-30-12-4-11-29(13-14-30)15-16-32-20-8-9-21-19(17-20)7-10-25(31)27-21/h2-3,5-6,8-9,17H,4,7,10-16,18H2,1H3,(H,27,31). The average Bonchev–Trinajstić information content (AvgIpc) is 2.96. The summed E-state index contributed by atoms with van der Waals surface area (Å²) in [4.78, 5) is 21.4. The van der Waals surface area contributed by atoms with Crippen LogP contribution in [0, 0.1) is 0 Å². The Morgan fingerprint density at radius 3 is 2.78 bits per heavy atom. The van der Waals surface area contributed by atoms with Crippen molar-refractivity contribution in [3.63, 3.8) is 0 Å². The van der Waals surface area contributed by atoms with E-state index in [-0.39, 0.29) is 5.91 Å². The Labute approximate surface area is 189 Å². The van der Waals surface area contributed by atoms with Gasteiger partial charge in [-0.05, 0) is 61.8 Å². The molecule has 2 aliphatic heterocycles. The van der Waals surface area contributed by atoms with Gasteiger partial charge in [-0.3, -0.25) is 14.6 Å². The molecule has 7 heteroatoms. The van der Waals surface area contributed by atoms with Crippen LogP contribution in [0.15, 0.2) is 42.5 Å². The highest BCUT2D eigenvalue weighted by molar-refractivity contribution is 5.94. The number of carbonyl (C=O) groups is 1. The molecule has 0 atom stereocenters. The van der Waals surface area contributed by atoms with E-state index in [1.54, 1.807) is 0 Å². The van der Waals surface area contributed by atoms with Gasteiger partial charge in [0, 0.05) is 38.8 Å². The lowest BCUT2D eigenvalue weighted by Gasteiger charge is -2.22. The quantitative estimate of drug-likeness (QED) is 0.648. The van der Waals surface area contributed by atoms with Crippen molar-refractivity contribution in [3.8, 4) is 5.75 Å². The maximum absolute atomic E-state index is 11.5. The molecule has 1 saturated heterocycles. The number of nitrogens with zero attached hydrogens (tertiary/aromatic N) is 4. The van der Waals surface area contributed by atoms with E-state index in [1.165, 1.54) is 5.52 Å². The molecule has 0 radical (unpaired) electrons. The molecule has 1 aromatic heterocycles. The van der Waals surface area contributed by atoms with E-state index >= 15 is 0 Å². The van der Waals surface area contributed by atoms with Crippen molar-refractivity contribution in [1.29, 1.82) is 0 Å². The molecule has 1 N–H and O–H groups in total. The first-order chi connectivity index (χ1) is 15.7. The molecule has 2 aliphatic rings. The first-order valence-corrected chi connectivity index (χ1v) is 11.6. The highest BCUT2D eigenvalue weighted by Crippen LogP contribution is 2.26. The van der Waals surface area contributed by atoms with Crippen LogP contribution in [0.4, 0.5) is 5.69 Å². The third kappa shape index (κ3) is 4.64. The molecule has 1 amide bonds. The topological polar surface area (TPSA) is 62.6 Å². The van der Waals surface area contributed by atoms with Gasteiger partial charge in [0.25, 0.3) is 0 Å². The van der Waals surface area contributed by atoms with E-state index in [4.69, 9.17) is 9.72 Å². The van der Waals surface area contributed by atoms with Crippen molar-refractivity contribution in [2.45, 2.75) is 25.8 Å². The minimum absolute atomic E-state index is 0.0950. The van der Waals surface area contributed by atoms with Crippen LogP contribution in [0.1, 0.15) is 24.2 Å². The number of ether oxygens (including phenoxy) is 1. The highest BCUT2D eigenvalue weighted by atomic mass is 16.5. The van der Waals surface area contributed by atoms with E-state index in [0.717, 1.165) is 80.5 Å². The SMILES string of the molecule is Cn1c(CN2CCCN(CCOc3ccc4c(c3)CCC(=O)N4)CC2)nc2ccccc21. The minimum atomic E-state index is 0.0950. The van der Waals surface area contributed by atoms with E-state index in [0.29, 0.717) is 13.0 Å². The molecule has 0 saturated carbocycles. The number of anilines is 1. The molecule has 3 heterocycles. The first kappa shape index (κ1) is 21.0. The van der Waals surface area contributed by atoms with Gasteiger partial charge in [-0.2, -0.15) is 0 Å². The number of amides is 1. The van der Waals surface area contributed by atoms with Crippen molar-refractivity contribution in [2.24, 2.45) is 7.05 Å². The second kappa shape index (κ2) is 9.30. The van der Waals surface area contributed by atoms with Crippen molar-refractivity contribution in [1.82, 2.24) is 19.4 Å². The Morgan fingerprint density at radius 2 is 1.88 bits per heavy atom. The molecule has 0 bridgehead atoms. The van der Waals surface area contributed by atoms with Crippen molar-refractivity contribution >= 4 is 22.6 Å². The number of imidazole rings is 1. The predicted octanol–water partition coefficient (Wildman–Crippen LogP) is 3.04. The molecule has 168 valence electrons. The van der Waals surface area contributed by atoms with Crippen LogP contribution in [0.5, 0.6) is 5.75 Å². The van der Waals surface area contributed by atoms with Gasteiger partial charge in [-0.15, -0.1) is 0 Å². The summed E-state index contributed by atoms with van der Waals surface area (Å²) in [5, 5.41) is 2.92. The lowest BCUT2D eigenvalue weighted by atomic mass is 10.0. The highest BCUT2D eigenvalue weighted by Gasteiger charge is 2.18. The largest absolute Gasteiger partial charge is 0.492 e. The third-order valence-electron chi connectivity index (χ3n) is 6.57. The third-order valence-corrected chi connectivity index (χ3v) is 6.57. The summed E-state index contributed by atoms with van der Waals surface area (Å²) in [6, 6.07) is 14.3. The number of para-hydroxylation sites is 2. The molecule has 7 nitrogen and oxygen atoms in total. The normalized spacial score (nSPS) is 17.7. The van der Waals surface area contributed by atoms with E-state index in [9.17, 15) is 4.79 Å². The summed E-state index contributed by atoms with van der Waals surface area (Å²) < 4.78 is 8.25. The van der Waals surface area contributed by atoms with Gasteiger partial charge in [0.05, 0.1) is 17.6 Å². The van der Waals surface area contributed by atoms with Gasteiger partial charge in [-0.1, -0.05) is 12.1 Å². The molecular weight excluding hydrogens is 402 g/mol. The van der Waals surface area contributed by atoms with Gasteiger partial charge in [0.1, 0.15) is 18.2 Å². The number of carbonyl (C=O) groups excluding carboxylic acids is 1. The molecule has 2 aromatic carbocycles. The second-order valence-electron chi connectivity index (χ2n) is 8.76. The lowest BCUT2D eigenvalue weighted by Crippen LogP contribution is -2.33. The van der Waals surface area contributed by atoms with E-state index in [1.807, 2.05) is 18.2 Å². The minimum Gasteiger partial charge on any atom is -0.492 e. The smallest absolute Gasteiger partial charge is 0.224 e. The van der Waals surface area contributed by atoms with E-state index in [2.05, 4.69) is 51.0 Å². The molecule has 1 fully saturated rings. The zero-order chi connectivity index (χ0) is 21.9. The Morgan fingerprint density at radius 1 is 1.03 bits per heavy atom. The summed E-state index contributed by atoms with van der Waals surface area (Å²) in [5.74, 6) is 2.11. The molecule has 32 heavy (non-hydrogen) atoms. The van der Waals surface area contributed by atoms with Crippen LogP contribution in [0.25, 0.3) is 11.0 Å². The average molecular weight is 434 g/mol. The summed E-state index contributed by atoms with van der Waals surface area (Å²) in [6.45, 7) is 6.77. The Kier molecular flexibility index (Phi) is 6.10. The summed E-state index contributed by atoms with van der Waals surface area (Å²) in [5.41, 5.74) is 4.35.